The molecule has 13 heavy (non-hydrogen) atoms. The summed E-state index contributed by atoms with van der Waals surface area (Å²) in [6.07, 6.45) is 4.44. The molecule has 0 aromatic carbocycles. The van der Waals surface area contributed by atoms with E-state index in [1.165, 1.54) is 0 Å². The van der Waals surface area contributed by atoms with E-state index in [2.05, 4.69) is 25.4 Å². The molecule has 2 heteroatoms. The molecule has 0 fully saturated rings. The molecular weight excluding hydrogens is 162 g/mol. The van der Waals surface area contributed by atoms with Crippen molar-refractivity contribution in [1.29, 1.82) is 0 Å². The van der Waals surface area contributed by atoms with Gasteiger partial charge < -0.3 is 4.98 Å². The molecule has 2 nitrogen and oxygen atoms in total. The van der Waals surface area contributed by atoms with Gasteiger partial charge in [0.1, 0.15) is 0 Å². The van der Waals surface area contributed by atoms with Crippen LogP contribution in [0, 0.1) is 5.41 Å². The Morgan fingerprint density at radius 1 is 1.62 bits per heavy atom. The SMILES string of the molecule is C=CC(C)(C)Cc1cc[nH]c(=O)c1. The van der Waals surface area contributed by atoms with Crippen LogP contribution in [0.15, 0.2) is 35.8 Å². The van der Waals surface area contributed by atoms with Crippen LogP contribution in [0.3, 0.4) is 0 Å². The second-order valence-electron chi connectivity index (χ2n) is 3.93. The van der Waals surface area contributed by atoms with Crippen LogP contribution in [0.2, 0.25) is 0 Å². The van der Waals surface area contributed by atoms with Gasteiger partial charge in [-0.05, 0) is 23.5 Å². The lowest BCUT2D eigenvalue weighted by Crippen LogP contribution is -2.13. The van der Waals surface area contributed by atoms with Gasteiger partial charge in [0.05, 0.1) is 0 Å². The van der Waals surface area contributed by atoms with Crippen LogP contribution in [-0.2, 0) is 6.42 Å². The average Bonchev–Trinajstić information content (AvgIpc) is 2.03. The summed E-state index contributed by atoms with van der Waals surface area (Å²) in [5.41, 5.74) is 1.05. The first kappa shape index (κ1) is 9.78. The van der Waals surface area contributed by atoms with Crippen molar-refractivity contribution in [3.63, 3.8) is 0 Å². The summed E-state index contributed by atoms with van der Waals surface area (Å²) in [6, 6.07) is 3.55. The Labute approximate surface area is 78.3 Å². The highest BCUT2D eigenvalue weighted by atomic mass is 16.1. The number of rotatable bonds is 3. The van der Waals surface area contributed by atoms with Crippen LogP contribution < -0.4 is 5.56 Å². The number of allylic oxidation sites excluding steroid dienone is 1. The lowest BCUT2D eigenvalue weighted by molar-refractivity contribution is 0.478. The van der Waals surface area contributed by atoms with E-state index >= 15 is 0 Å². The molecule has 70 valence electrons. The highest BCUT2D eigenvalue weighted by Gasteiger charge is 2.13. The van der Waals surface area contributed by atoms with Gasteiger partial charge in [0.15, 0.2) is 0 Å². The van der Waals surface area contributed by atoms with Crippen molar-refractivity contribution in [3.05, 3.63) is 46.9 Å². The Morgan fingerprint density at radius 3 is 2.85 bits per heavy atom. The Morgan fingerprint density at radius 2 is 2.31 bits per heavy atom. The van der Waals surface area contributed by atoms with Gasteiger partial charge in [-0.15, -0.1) is 6.58 Å². The molecule has 0 aliphatic carbocycles. The first-order chi connectivity index (χ1) is 6.03. The predicted octanol–water partition coefficient (Wildman–Crippen LogP) is 2.13. The average molecular weight is 177 g/mol. The van der Waals surface area contributed by atoms with Gasteiger partial charge in [-0.2, -0.15) is 0 Å². The standard InChI is InChI=1S/C11H15NO/c1-4-11(2,3)8-9-5-6-12-10(13)7-9/h4-7H,1,8H2,2-3H3,(H,12,13). The summed E-state index contributed by atoms with van der Waals surface area (Å²) in [5, 5.41) is 0. The zero-order valence-electron chi connectivity index (χ0n) is 8.13. The topological polar surface area (TPSA) is 32.9 Å². The van der Waals surface area contributed by atoms with E-state index in [1.54, 1.807) is 12.3 Å². The van der Waals surface area contributed by atoms with Crippen molar-refractivity contribution in [2.24, 2.45) is 5.41 Å². The fourth-order valence-corrected chi connectivity index (χ4v) is 1.20. The molecule has 0 aliphatic rings. The van der Waals surface area contributed by atoms with Gasteiger partial charge in [-0.3, -0.25) is 4.79 Å². The Bertz CT molecular complexity index is 349. The van der Waals surface area contributed by atoms with Crippen LogP contribution in [0.25, 0.3) is 0 Å². The number of hydrogen-bond donors (Lipinski definition) is 1. The first-order valence-electron chi connectivity index (χ1n) is 4.35. The number of nitrogens with one attached hydrogen (secondary N) is 1. The molecule has 0 spiro atoms. The van der Waals surface area contributed by atoms with Crippen molar-refractivity contribution in [1.82, 2.24) is 4.98 Å². The molecule has 0 atom stereocenters. The van der Waals surface area contributed by atoms with Gasteiger partial charge in [-0.25, -0.2) is 0 Å². The second kappa shape index (κ2) is 3.60. The van der Waals surface area contributed by atoms with Gasteiger partial charge in [0, 0.05) is 12.3 Å². The number of H-pyrrole nitrogens is 1. The number of aromatic nitrogens is 1. The molecule has 0 aliphatic heterocycles. The zero-order chi connectivity index (χ0) is 9.90. The van der Waals surface area contributed by atoms with Crippen molar-refractivity contribution >= 4 is 0 Å². The van der Waals surface area contributed by atoms with Crippen molar-refractivity contribution in [2.45, 2.75) is 20.3 Å². The van der Waals surface area contributed by atoms with Gasteiger partial charge >= 0.3 is 0 Å². The molecule has 1 aromatic rings. The third-order valence-corrected chi connectivity index (χ3v) is 2.05. The van der Waals surface area contributed by atoms with Crippen LogP contribution >= 0.6 is 0 Å². The summed E-state index contributed by atoms with van der Waals surface area (Å²) >= 11 is 0. The third-order valence-electron chi connectivity index (χ3n) is 2.05. The van der Waals surface area contributed by atoms with E-state index < -0.39 is 0 Å². The predicted molar refractivity (Wildman–Crippen MR) is 54.7 cm³/mol. The van der Waals surface area contributed by atoms with Crippen molar-refractivity contribution in [2.75, 3.05) is 0 Å². The van der Waals surface area contributed by atoms with E-state index in [9.17, 15) is 4.79 Å². The maximum Gasteiger partial charge on any atom is 0.248 e. The minimum absolute atomic E-state index is 0.0441. The van der Waals surface area contributed by atoms with Gasteiger partial charge in [0.2, 0.25) is 5.56 Å². The molecule has 1 aromatic heterocycles. The fourth-order valence-electron chi connectivity index (χ4n) is 1.20. The maximum atomic E-state index is 11.0. The molecule has 0 bridgehead atoms. The fraction of sp³-hybridized carbons (Fsp3) is 0.364. The van der Waals surface area contributed by atoms with E-state index in [4.69, 9.17) is 0 Å². The van der Waals surface area contributed by atoms with Crippen LogP contribution in [0.1, 0.15) is 19.4 Å². The van der Waals surface area contributed by atoms with Crippen molar-refractivity contribution in [3.8, 4) is 0 Å². The normalized spacial score (nSPS) is 11.2. The van der Waals surface area contributed by atoms with Crippen LogP contribution in [0.4, 0.5) is 0 Å². The maximum absolute atomic E-state index is 11.0. The molecule has 0 amide bonds. The smallest absolute Gasteiger partial charge is 0.248 e. The van der Waals surface area contributed by atoms with E-state index in [0.29, 0.717) is 0 Å². The summed E-state index contributed by atoms with van der Waals surface area (Å²) in [7, 11) is 0. The monoisotopic (exact) mass is 177 g/mol. The quantitative estimate of drug-likeness (QED) is 0.705. The number of aromatic amines is 1. The molecular formula is C11H15NO. The largest absolute Gasteiger partial charge is 0.329 e. The summed E-state index contributed by atoms with van der Waals surface area (Å²) in [6.45, 7) is 7.96. The summed E-state index contributed by atoms with van der Waals surface area (Å²) in [4.78, 5) is 13.6. The van der Waals surface area contributed by atoms with Crippen LogP contribution in [0.5, 0.6) is 0 Å². The van der Waals surface area contributed by atoms with E-state index in [1.807, 2.05) is 12.1 Å². The number of pyridine rings is 1. The first-order valence-corrected chi connectivity index (χ1v) is 4.35. The summed E-state index contributed by atoms with van der Waals surface area (Å²) < 4.78 is 0. The highest BCUT2D eigenvalue weighted by molar-refractivity contribution is 5.13. The molecule has 0 saturated carbocycles. The molecule has 0 unspecified atom stereocenters. The van der Waals surface area contributed by atoms with E-state index in [0.717, 1.165) is 12.0 Å². The molecule has 1 heterocycles. The van der Waals surface area contributed by atoms with Crippen LogP contribution in [-0.4, -0.2) is 4.98 Å². The molecule has 1 rings (SSSR count). The van der Waals surface area contributed by atoms with Gasteiger partial charge in [-0.1, -0.05) is 19.9 Å². The van der Waals surface area contributed by atoms with E-state index in [-0.39, 0.29) is 11.0 Å². The Balaban J connectivity index is 2.86. The lowest BCUT2D eigenvalue weighted by atomic mass is 9.86. The Kier molecular flexibility index (Phi) is 2.71. The summed E-state index contributed by atoms with van der Waals surface area (Å²) in [5.74, 6) is 0. The van der Waals surface area contributed by atoms with Crippen molar-refractivity contribution < 1.29 is 0 Å². The minimum Gasteiger partial charge on any atom is -0.329 e. The minimum atomic E-state index is -0.0441. The molecule has 0 radical (unpaired) electrons. The molecule has 0 saturated heterocycles. The van der Waals surface area contributed by atoms with Gasteiger partial charge in [0.25, 0.3) is 0 Å². The number of hydrogen-bond acceptors (Lipinski definition) is 1. The second-order valence-corrected chi connectivity index (χ2v) is 3.93. The zero-order valence-corrected chi connectivity index (χ0v) is 8.13. The lowest BCUT2D eigenvalue weighted by Gasteiger charge is -2.18. The molecule has 1 N–H and O–H groups in total. The third kappa shape index (κ3) is 2.90. The highest BCUT2D eigenvalue weighted by Crippen LogP contribution is 2.21. The Hall–Kier alpha value is -1.31.